The predicted molar refractivity (Wildman–Crippen MR) is 90.3 cm³/mol. The monoisotopic (exact) mass is 415 g/mol. The number of ether oxygens (including phenoxy) is 1. The van der Waals surface area contributed by atoms with Crippen LogP contribution in [0.1, 0.15) is 0 Å². The Kier molecular flexibility index (Phi) is 3.94. The Labute approximate surface area is 138 Å². The summed E-state index contributed by atoms with van der Waals surface area (Å²) in [5.41, 5.74) is 8.14. The van der Waals surface area contributed by atoms with Gasteiger partial charge in [0.1, 0.15) is 11.6 Å². The van der Waals surface area contributed by atoms with Crippen LogP contribution < -0.4 is 10.5 Å². The van der Waals surface area contributed by atoms with Crippen molar-refractivity contribution in [1.29, 1.82) is 0 Å². The predicted octanol–water partition coefficient (Wildman–Crippen LogP) is 4.05. The molecule has 0 unspecified atom stereocenters. The minimum absolute atomic E-state index is 0.287. The number of methoxy groups -OCH3 is 1. The highest BCUT2D eigenvalue weighted by Gasteiger charge is 2.11. The van der Waals surface area contributed by atoms with Crippen molar-refractivity contribution in [3.8, 4) is 5.75 Å². The van der Waals surface area contributed by atoms with Gasteiger partial charge in [0.2, 0.25) is 0 Å². The van der Waals surface area contributed by atoms with E-state index in [1.807, 2.05) is 40.8 Å². The zero-order valence-electron chi connectivity index (χ0n) is 11.0. The molecule has 0 amide bonds. The van der Waals surface area contributed by atoms with E-state index < -0.39 is 0 Å². The molecule has 0 saturated heterocycles. The summed E-state index contributed by atoms with van der Waals surface area (Å²) >= 11 is 3.22. The molecule has 1 aromatic heterocycles. The number of imidazole rings is 1. The van der Waals surface area contributed by atoms with Crippen LogP contribution in [0, 0.1) is 9.39 Å². The quantitative estimate of drug-likeness (QED) is 0.501. The molecule has 0 radical (unpaired) electrons. The Balaban J connectivity index is 1.96. The van der Waals surface area contributed by atoms with Crippen LogP contribution in [-0.4, -0.2) is 17.1 Å². The third kappa shape index (κ3) is 2.93. The van der Waals surface area contributed by atoms with Gasteiger partial charge in [-0.1, -0.05) is 0 Å². The fourth-order valence-electron chi connectivity index (χ4n) is 1.88. The van der Waals surface area contributed by atoms with Gasteiger partial charge in [-0.15, -0.1) is 0 Å². The van der Waals surface area contributed by atoms with Gasteiger partial charge in [-0.25, -0.2) is 9.37 Å². The zero-order valence-corrected chi connectivity index (χ0v) is 14.0. The minimum atomic E-state index is -0.287. The average molecular weight is 415 g/mol. The van der Waals surface area contributed by atoms with Crippen molar-refractivity contribution in [3.63, 3.8) is 0 Å². The van der Waals surface area contributed by atoms with Gasteiger partial charge in [-0.2, -0.15) is 0 Å². The molecule has 3 rings (SSSR count). The SMILES string of the molecule is COc1ccc2nc(Sc3cc(F)c(I)cc3N)[nH]c2c1. The number of aromatic amines is 1. The van der Waals surface area contributed by atoms with Gasteiger partial charge in [-0.3, -0.25) is 0 Å². The van der Waals surface area contributed by atoms with E-state index in [0.717, 1.165) is 16.8 Å². The number of benzene rings is 2. The standard InChI is InChI=1S/C14H11FIN3OS/c1-20-7-2-3-11-12(4-7)19-14(18-11)21-13-5-8(15)9(16)6-10(13)17/h2-6H,17H2,1H3,(H,18,19). The van der Waals surface area contributed by atoms with Gasteiger partial charge in [0, 0.05) is 16.6 Å². The zero-order chi connectivity index (χ0) is 15.0. The maximum atomic E-state index is 13.6. The van der Waals surface area contributed by atoms with Crippen LogP contribution >= 0.6 is 34.4 Å². The molecule has 0 atom stereocenters. The maximum absolute atomic E-state index is 13.6. The molecular formula is C14H11FIN3OS. The van der Waals surface area contributed by atoms with E-state index in [1.165, 1.54) is 17.8 Å². The number of nitrogens with one attached hydrogen (secondary N) is 1. The lowest BCUT2D eigenvalue weighted by molar-refractivity contribution is 0.415. The van der Waals surface area contributed by atoms with Gasteiger partial charge < -0.3 is 15.5 Å². The van der Waals surface area contributed by atoms with Crippen LogP contribution in [-0.2, 0) is 0 Å². The van der Waals surface area contributed by atoms with Crippen molar-refractivity contribution in [2.24, 2.45) is 0 Å². The summed E-state index contributed by atoms with van der Waals surface area (Å²) in [7, 11) is 1.61. The lowest BCUT2D eigenvalue weighted by atomic mass is 10.3. The smallest absolute Gasteiger partial charge is 0.171 e. The van der Waals surface area contributed by atoms with Crippen molar-refractivity contribution < 1.29 is 9.13 Å². The molecule has 3 aromatic rings. The molecular weight excluding hydrogens is 404 g/mol. The van der Waals surface area contributed by atoms with Gasteiger partial charge in [0.25, 0.3) is 0 Å². The van der Waals surface area contributed by atoms with Crippen LogP contribution in [0.2, 0.25) is 0 Å². The molecule has 0 spiro atoms. The summed E-state index contributed by atoms with van der Waals surface area (Å²) in [6, 6.07) is 8.62. The minimum Gasteiger partial charge on any atom is -0.497 e. The highest BCUT2D eigenvalue weighted by molar-refractivity contribution is 14.1. The molecule has 0 aliphatic heterocycles. The molecule has 0 bridgehead atoms. The molecule has 1 heterocycles. The number of aromatic nitrogens is 2. The van der Waals surface area contributed by atoms with Crippen molar-refractivity contribution in [1.82, 2.24) is 9.97 Å². The van der Waals surface area contributed by atoms with Gasteiger partial charge in [-0.05, 0) is 58.6 Å². The lowest BCUT2D eigenvalue weighted by Gasteiger charge is -2.04. The number of H-pyrrole nitrogens is 1. The number of anilines is 1. The Morgan fingerprint density at radius 3 is 2.90 bits per heavy atom. The maximum Gasteiger partial charge on any atom is 0.171 e. The highest BCUT2D eigenvalue weighted by Crippen LogP contribution is 2.34. The first-order valence-corrected chi connectivity index (χ1v) is 7.92. The van der Waals surface area contributed by atoms with E-state index in [4.69, 9.17) is 10.5 Å². The van der Waals surface area contributed by atoms with Gasteiger partial charge >= 0.3 is 0 Å². The highest BCUT2D eigenvalue weighted by atomic mass is 127. The molecule has 0 aliphatic rings. The van der Waals surface area contributed by atoms with Crippen LogP contribution in [0.4, 0.5) is 10.1 Å². The first-order valence-electron chi connectivity index (χ1n) is 6.03. The molecule has 3 N–H and O–H groups in total. The number of nitrogens with zero attached hydrogens (tertiary/aromatic N) is 1. The number of nitrogen functional groups attached to an aromatic ring is 1. The number of nitrogens with two attached hydrogens (primary N) is 1. The second-order valence-electron chi connectivity index (χ2n) is 4.33. The second-order valence-corrected chi connectivity index (χ2v) is 6.52. The fraction of sp³-hybridized carbons (Fsp3) is 0.0714. The molecule has 108 valence electrons. The van der Waals surface area contributed by atoms with E-state index in [2.05, 4.69) is 9.97 Å². The summed E-state index contributed by atoms with van der Waals surface area (Å²) in [4.78, 5) is 8.26. The summed E-state index contributed by atoms with van der Waals surface area (Å²) < 4.78 is 19.3. The van der Waals surface area contributed by atoms with Crippen molar-refractivity contribution in [2.75, 3.05) is 12.8 Å². The number of hydrogen-bond donors (Lipinski definition) is 2. The van der Waals surface area contributed by atoms with E-state index in [0.29, 0.717) is 19.3 Å². The molecule has 7 heteroatoms. The van der Waals surface area contributed by atoms with Crippen molar-refractivity contribution >= 4 is 51.1 Å². The van der Waals surface area contributed by atoms with Gasteiger partial charge in [0.05, 0.1) is 21.7 Å². The number of hydrogen-bond acceptors (Lipinski definition) is 4. The summed E-state index contributed by atoms with van der Waals surface area (Å²) in [6.45, 7) is 0. The topological polar surface area (TPSA) is 63.9 Å². The number of rotatable bonds is 3. The molecule has 0 saturated carbocycles. The third-order valence-electron chi connectivity index (χ3n) is 2.93. The largest absolute Gasteiger partial charge is 0.497 e. The normalized spacial score (nSPS) is 11.0. The summed E-state index contributed by atoms with van der Waals surface area (Å²) in [6.07, 6.45) is 0. The Morgan fingerprint density at radius 1 is 1.33 bits per heavy atom. The molecule has 2 aromatic carbocycles. The van der Waals surface area contributed by atoms with E-state index in [9.17, 15) is 4.39 Å². The van der Waals surface area contributed by atoms with E-state index >= 15 is 0 Å². The third-order valence-corrected chi connectivity index (χ3v) is 4.71. The van der Waals surface area contributed by atoms with E-state index in [1.54, 1.807) is 13.2 Å². The second kappa shape index (κ2) is 5.72. The van der Waals surface area contributed by atoms with Crippen LogP contribution in [0.15, 0.2) is 40.4 Å². The Morgan fingerprint density at radius 2 is 2.14 bits per heavy atom. The molecule has 0 fully saturated rings. The fourth-order valence-corrected chi connectivity index (χ4v) is 3.22. The van der Waals surface area contributed by atoms with Gasteiger partial charge in [0.15, 0.2) is 5.16 Å². The van der Waals surface area contributed by atoms with Crippen molar-refractivity contribution in [2.45, 2.75) is 10.1 Å². The first-order chi connectivity index (χ1) is 10.1. The average Bonchev–Trinajstić information content (AvgIpc) is 2.85. The molecule has 0 aliphatic carbocycles. The van der Waals surface area contributed by atoms with Crippen LogP contribution in [0.3, 0.4) is 0 Å². The Bertz CT molecular complexity index is 821. The number of fused-ring (bicyclic) bond motifs is 1. The number of halogens is 2. The van der Waals surface area contributed by atoms with Crippen LogP contribution in [0.5, 0.6) is 5.75 Å². The molecule has 21 heavy (non-hydrogen) atoms. The molecule has 4 nitrogen and oxygen atoms in total. The lowest BCUT2D eigenvalue weighted by Crippen LogP contribution is -1.93. The van der Waals surface area contributed by atoms with Crippen molar-refractivity contribution in [3.05, 3.63) is 39.7 Å². The Hall–Kier alpha value is -1.48. The summed E-state index contributed by atoms with van der Waals surface area (Å²) in [5.74, 6) is 0.465. The van der Waals surface area contributed by atoms with Crippen LogP contribution in [0.25, 0.3) is 11.0 Å². The first kappa shape index (κ1) is 14.5. The van der Waals surface area contributed by atoms with E-state index in [-0.39, 0.29) is 5.82 Å². The summed E-state index contributed by atoms with van der Waals surface area (Å²) in [5, 5.41) is 0.658.